The van der Waals surface area contributed by atoms with Gasteiger partial charge in [0, 0.05) is 5.54 Å². The number of amides is 2. The molecule has 0 spiro atoms. The fraction of sp³-hybridized carbons (Fsp3) is 0.778. The fourth-order valence-corrected chi connectivity index (χ4v) is 0.935. The molecule has 5 N–H and O–H groups in total. The van der Waals surface area contributed by atoms with Gasteiger partial charge >= 0.3 is 6.03 Å². The van der Waals surface area contributed by atoms with Crippen LogP contribution >= 0.6 is 0 Å². The monoisotopic (exact) mass is 200 g/mol. The van der Waals surface area contributed by atoms with E-state index in [1.165, 1.54) is 0 Å². The van der Waals surface area contributed by atoms with Crippen molar-refractivity contribution in [2.24, 2.45) is 5.73 Å². The second-order valence-electron chi connectivity index (χ2n) is 4.26. The largest absolute Gasteiger partial charge is 0.386 e. The van der Waals surface area contributed by atoms with Crippen LogP contribution in [-0.4, -0.2) is 23.4 Å². The van der Waals surface area contributed by atoms with Crippen molar-refractivity contribution < 1.29 is 4.79 Å². The van der Waals surface area contributed by atoms with Crippen molar-refractivity contribution in [1.29, 1.82) is 5.41 Å². The molecular weight excluding hydrogens is 180 g/mol. The molecule has 0 radical (unpaired) electrons. The van der Waals surface area contributed by atoms with Gasteiger partial charge in [-0.25, -0.2) is 4.79 Å². The van der Waals surface area contributed by atoms with Gasteiger partial charge in [0.2, 0.25) is 0 Å². The lowest BCUT2D eigenvalue weighted by Crippen LogP contribution is -2.52. The van der Waals surface area contributed by atoms with E-state index in [0.717, 1.165) is 0 Å². The highest BCUT2D eigenvalue weighted by atomic mass is 16.2. The van der Waals surface area contributed by atoms with Crippen LogP contribution in [0.25, 0.3) is 0 Å². The van der Waals surface area contributed by atoms with Gasteiger partial charge in [0.25, 0.3) is 0 Å². The van der Waals surface area contributed by atoms with Crippen molar-refractivity contribution in [2.75, 3.05) is 0 Å². The number of rotatable bonds is 3. The van der Waals surface area contributed by atoms with E-state index in [1.807, 2.05) is 27.7 Å². The minimum absolute atomic E-state index is 0.0171. The molecular formula is C9H20N4O. The average molecular weight is 200 g/mol. The quantitative estimate of drug-likeness (QED) is 0.401. The Morgan fingerprint density at radius 2 is 2.00 bits per heavy atom. The molecule has 0 bridgehead atoms. The third kappa shape index (κ3) is 5.40. The van der Waals surface area contributed by atoms with Crippen LogP contribution in [0.4, 0.5) is 4.79 Å². The molecule has 1 unspecified atom stereocenters. The van der Waals surface area contributed by atoms with Gasteiger partial charge in [-0.2, -0.15) is 0 Å². The molecule has 5 heteroatoms. The van der Waals surface area contributed by atoms with Gasteiger partial charge in [-0.15, -0.1) is 0 Å². The Morgan fingerprint density at radius 3 is 2.29 bits per heavy atom. The zero-order valence-electron chi connectivity index (χ0n) is 9.27. The van der Waals surface area contributed by atoms with Crippen LogP contribution in [0.15, 0.2) is 0 Å². The van der Waals surface area contributed by atoms with Crippen LogP contribution in [0, 0.1) is 5.41 Å². The van der Waals surface area contributed by atoms with Gasteiger partial charge in [-0.05, 0) is 27.2 Å². The number of amidine groups is 1. The number of hydrogen-bond acceptors (Lipinski definition) is 2. The summed E-state index contributed by atoms with van der Waals surface area (Å²) in [6.45, 7) is 7.54. The molecule has 0 rings (SSSR count). The van der Waals surface area contributed by atoms with Crippen LogP contribution in [0.2, 0.25) is 0 Å². The fourth-order valence-electron chi connectivity index (χ4n) is 0.935. The molecule has 0 aromatic rings. The Kier molecular flexibility index (Phi) is 4.40. The molecule has 0 fully saturated rings. The van der Waals surface area contributed by atoms with Crippen LogP contribution < -0.4 is 16.4 Å². The molecule has 2 amide bonds. The predicted molar refractivity (Wildman–Crippen MR) is 57.4 cm³/mol. The van der Waals surface area contributed by atoms with E-state index >= 15 is 0 Å². The first kappa shape index (κ1) is 12.7. The summed E-state index contributed by atoms with van der Waals surface area (Å²) in [5.74, 6) is -0.0171. The molecule has 0 saturated carbocycles. The zero-order valence-corrected chi connectivity index (χ0v) is 9.27. The lowest BCUT2D eigenvalue weighted by molar-refractivity contribution is 0.230. The second kappa shape index (κ2) is 4.83. The van der Waals surface area contributed by atoms with E-state index in [2.05, 4.69) is 10.6 Å². The Balaban J connectivity index is 4.11. The number of urea groups is 1. The lowest BCUT2D eigenvalue weighted by atomic mass is 10.1. The van der Waals surface area contributed by atoms with E-state index < -0.39 is 0 Å². The minimum Gasteiger partial charge on any atom is -0.386 e. The maximum atomic E-state index is 11.4. The summed E-state index contributed by atoms with van der Waals surface area (Å²) in [5, 5.41) is 12.6. The van der Waals surface area contributed by atoms with Gasteiger partial charge in [0.05, 0.1) is 6.04 Å². The molecule has 0 aliphatic heterocycles. The summed E-state index contributed by atoms with van der Waals surface area (Å²) in [4.78, 5) is 11.4. The summed E-state index contributed by atoms with van der Waals surface area (Å²) in [6, 6.07) is -0.670. The summed E-state index contributed by atoms with van der Waals surface area (Å²) >= 11 is 0. The molecule has 0 aromatic carbocycles. The highest BCUT2D eigenvalue weighted by molar-refractivity contribution is 5.87. The molecule has 0 aliphatic carbocycles. The van der Waals surface area contributed by atoms with Gasteiger partial charge in [-0.1, -0.05) is 6.92 Å². The van der Waals surface area contributed by atoms with E-state index in [0.29, 0.717) is 6.42 Å². The number of nitrogens with one attached hydrogen (secondary N) is 3. The minimum atomic E-state index is -0.377. The third-order valence-electron chi connectivity index (χ3n) is 1.58. The topological polar surface area (TPSA) is 91.0 Å². The van der Waals surface area contributed by atoms with Crippen LogP contribution in [0.5, 0.6) is 0 Å². The normalized spacial score (nSPS) is 13.1. The number of carbonyl (C=O) groups excluding carboxylic acids is 1. The standard InChI is InChI=1S/C9H20N4O/c1-5-6(7(10)11)12-8(14)13-9(2,3)4/h6H,5H2,1-4H3,(H3,10,11)(H2,12,13,14). The van der Waals surface area contributed by atoms with Crippen LogP contribution in [0.3, 0.4) is 0 Å². The Bertz CT molecular complexity index is 219. The smallest absolute Gasteiger partial charge is 0.315 e. The third-order valence-corrected chi connectivity index (χ3v) is 1.58. The molecule has 5 nitrogen and oxygen atoms in total. The first-order valence-corrected chi connectivity index (χ1v) is 4.69. The van der Waals surface area contributed by atoms with Crippen molar-refractivity contribution >= 4 is 11.9 Å². The summed E-state index contributed by atoms with van der Waals surface area (Å²) in [6.07, 6.45) is 0.618. The van der Waals surface area contributed by atoms with Crippen molar-refractivity contribution in [1.82, 2.24) is 10.6 Å². The van der Waals surface area contributed by atoms with Crippen LogP contribution in [-0.2, 0) is 0 Å². The molecule has 82 valence electrons. The molecule has 0 aromatic heterocycles. The molecule has 0 saturated heterocycles. The highest BCUT2D eigenvalue weighted by Gasteiger charge is 2.17. The lowest BCUT2D eigenvalue weighted by Gasteiger charge is -2.23. The van der Waals surface area contributed by atoms with E-state index in [1.54, 1.807) is 0 Å². The maximum Gasteiger partial charge on any atom is 0.315 e. The average Bonchev–Trinajstić information content (AvgIpc) is 1.96. The van der Waals surface area contributed by atoms with Gasteiger partial charge in [0.15, 0.2) is 0 Å². The Morgan fingerprint density at radius 1 is 1.50 bits per heavy atom. The van der Waals surface area contributed by atoms with Crippen molar-refractivity contribution in [2.45, 2.75) is 45.7 Å². The van der Waals surface area contributed by atoms with Crippen molar-refractivity contribution in [3.05, 3.63) is 0 Å². The SMILES string of the molecule is CCC(NC(=O)NC(C)(C)C)C(=N)N. The zero-order chi connectivity index (χ0) is 11.4. The molecule has 0 heterocycles. The Hall–Kier alpha value is -1.26. The van der Waals surface area contributed by atoms with Crippen LogP contribution in [0.1, 0.15) is 34.1 Å². The van der Waals surface area contributed by atoms with Gasteiger partial charge < -0.3 is 16.4 Å². The second-order valence-corrected chi connectivity index (χ2v) is 4.26. The highest BCUT2D eigenvalue weighted by Crippen LogP contribution is 1.98. The molecule has 14 heavy (non-hydrogen) atoms. The Labute approximate surface area is 84.9 Å². The molecule has 0 aliphatic rings. The number of carbonyl (C=O) groups is 1. The molecule has 1 atom stereocenters. The van der Waals surface area contributed by atoms with E-state index in [4.69, 9.17) is 11.1 Å². The first-order chi connectivity index (χ1) is 6.26. The van der Waals surface area contributed by atoms with Gasteiger partial charge in [0.1, 0.15) is 5.84 Å². The first-order valence-electron chi connectivity index (χ1n) is 4.69. The van der Waals surface area contributed by atoms with Crippen molar-refractivity contribution in [3.8, 4) is 0 Å². The van der Waals surface area contributed by atoms with Gasteiger partial charge in [-0.3, -0.25) is 5.41 Å². The van der Waals surface area contributed by atoms with E-state index in [9.17, 15) is 4.79 Å². The number of nitrogens with two attached hydrogens (primary N) is 1. The summed E-state index contributed by atoms with van der Waals surface area (Å²) < 4.78 is 0. The maximum absolute atomic E-state index is 11.4. The summed E-state index contributed by atoms with van der Waals surface area (Å²) in [5.41, 5.74) is 5.02. The predicted octanol–water partition coefficient (Wildman–Crippen LogP) is 0.799. The van der Waals surface area contributed by atoms with Crippen molar-refractivity contribution in [3.63, 3.8) is 0 Å². The number of hydrogen-bond donors (Lipinski definition) is 4. The summed E-state index contributed by atoms with van der Waals surface area (Å²) in [7, 11) is 0. The van der Waals surface area contributed by atoms with E-state index in [-0.39, 0.29) is 23.4 Å².